The molecule has 0 unspecified atom stereocenters. The van der Waals surface area contributed by atoms with Crippen LogP contribution in [0.2, 0.25) is 0 Å². The summed E-state index contributed by atoms with van der Waals surface area (Å²) in [5.41, 5.74) is 8.70. The highest BCUT2D eigenvalue weighted by Gasteiger charge is 2.19. The quantitative estimate of drug-likeness (QED) is 0.190. The van der Waals surface area contributed by atoms with E-state index in [-0.39, 0.29) is 29.7 Å². The summed E-state index contributed by atoms with van der Waals surface area (Å²) in [5.74, 6) is 0. The van der Waals surface area contributed by atoms with E-state index in [4.69, 9.17) is 11.3 Å². The third kappa shape index (κ3) is 4.17. The molecule has 0 amide bonds. The lowest BCUT2D eigenvalue weighted by molar-refractivity contribution is 0.670. The van der Waals surface area contributed by atoms with Crippen molar-refractivity contribution in [2.75, 3.05) is 0 Å². The van der Waals surface area contributed by atoms with E-state index in [0.717, 1.165) is 76.9 Å². The molecule has 1 heterocycles. The maximum Gasteiger partial charge on any atom is 0.143 e. The molecule has 0 saturated carbocycles. The van der Waals surface area contributed by atoms with Crippen molar-refractivity contribution < 1.29 is 11.3 Å². The Morgan fingerprint density at radius 3 is 1.62 bits per heavy atom. The first kappa shape index (κ1) is 20.9. The molecule has 9 aromatic rings. The van der Waals surface area contributed by atoms with Crippen molar-refractivity contribution in [2.45, 2.75) is 0 Å². The number of hydrogen-bond acceptors (Lipinski definition) is 1. The highest BCUT2D eigenvalue weighted by molar-refractivity contribution is 6.22. The van der Waals surface area contributed by atoms with Gasteiger partial charge in [-0.3, -0.25) is 0 Å². The molecule has 1 nitrogen and oxygen atoms in total. The van der Waals surface area contributed by atoms with Crippen molar-refractivity contribution in [1.82, 2.24) is 0 Å². The van der Waals surface area contributed by atoms with Crippen LogP contribution >= 0.6 is 0 Å². The molecule has 0 aliphatic carbocycles. The van der Waals surface area contributed by atoms with Gasteiger partial charge >= 0.3 is 0 Å². The Labute approximate surface area is 268 Å². The van der Waals surface area contributed by atoms with E-state index in [2.05, 4.69) is 84.9 Å². The van der Waals surface area contributed by atoms with E-state index >= 15 is 0 Å². The van der Waals surface area contributed by atoms with Crippen LogP contribution in [0, 0.1) is 0 Å². The molecule has 0 radical (unpaired) electrons. The lowest BCUT2D eigenvalue weighted by atomic mass is 9.85. The lowest BCUT2D eigenvalue weighted by Gasteiger charge is -2.18. The topological polar surface area (TPSA) is 13.1 Å². The summed E-state index contributed by atoms with van der Waals surface area (Å²) in [7, 11) is 0. The van der Waals surface area contributed by atoms with E-state index in [1.165, 1.54) is 0 Å². The second kappa shape index (κ2) is 10.4. The van der Waals surface area contributed by atoms with Crippen LogP contribution in [0.4, 0.5) is 0 Å². The second-order valence-corrected chi connectivity index (χ2v) is 11.3. The number of rotatable bonds is 4. The van der Waals surface area contributed by atoms with E-state index in [9.17, 15) is 0 Å². The minimum Gasteiger partial charge on any atom is -0.455 e. The van der Waals surface area contributed by atoms with Crippen molar-refractivity contribution in [3.05, 3.63) is 170 Å². The van der Waals surface area contributed by atoms with Crippen LogP contribution in [0.3, 0.4) is 0 Å². The minimum absolute atomic E-state index is 0.192. The Morgan fingerprint density at radius 2 is 0.933 bits per heavy atom. The maximum absolute atomic E-state index is 8.60. The Bertz CT molecular complexity index is 2730. The highest BCUT2D eigenvalue weighted by atomic mass is 16.3. The lowest BCUT2D eigenvalue weighted by Crippen LogP contribution is -1.91. The molecule has 0 spiro atoms. The van der Waals surface area contributed by atoms with E-state index < -0.39 is 6.04 Å². The van der Waals surface area contributed by atoms with Crippen LogP contribution in [0.5, 0.6) is 0 Å². The van der Waals surface area contributed by atoms with Crippen molar-refractivity contribution in [3.8, 4) is 44.5 Å². The molecule has 0 fully saturated rings. The van der Waals surface area contributed by atoms with Crippen LogP contribution in [0.1, 0.15) is 6.85 Å². The fourth-order valence-electron chi connectivity index (χ4n) is 6.77. The van der Waals surface area contributed by atoms with Crippen LogP contribution in [0.25, 0.3) is 88.0 Å². The summed E-state index contributed by atoms with van der Waals surface area (Å²) in [6.07, 6.45) is 0. The monoisotopic (exact) mass is 577 g/mol. The van der Waals surface area contributed by atoms with Crippen molar-refractivity contribution >= 4 is 43.5 Å². The normalized spacial score (nSPS) is 13.1. The molecule has 0 atom stereocenters. The van der Waals surface area contributed by atoms with Crippen LogP contribution in [-0.4, -0.2) is 0 Å². The fraction of sp³-hybridized carbons (Fsp3) is 0. The van der Waals surface area contributed by atoms with Gasteiger partial charge in [0, 0.05) is 16.3 Å². The Kier molecular flexibility index (Phi) is 4.81. The van der Waals surface area contributed by atoms with Gasteiger partial charge in [0.15, 0.2) is 0 Å². The van der Waals surface area contributed by atoms with Gasteiger partial charge in [-0.1, -0.05) is 152 Å². The van der Waals surface area contributed by atoms with Crippen molar-refractivity contribution in [2.24, 2.45) is 0 Å². The molecule has 8 aromatic carbocycles. The zero-order valence-corrected chi connectivity index (χ0v) is 24.2. The summed E-state index contributed by atoms with van der Waals surface area (Å²) in [6.45, 7) is 0. The molecule has 0 aliphatic rings. The van der Waals surface area contributed by atoms with Crippen LogP contribution in [-0.2, 0) is 0 Å². The van der Waals surface area contributed by atoms with Gasteiger partial charge in [-0.25, -0.2) is 0 Å². The summed E-state index contributed by atoms with van der Waals surface area (Å²) in [6, 6.07) is 46.0. The zero-order chi connectivity index (χ0) is 34.1. The summed E-state index contributed by atoms with van der Waals surface area (Å²) < 4.78 is 48.4. The molecular formula is C44H28O. The predicted molar refractivity (Wildman–Crippen MR) is 190 cm³/mol. The largest absolute Gasteiger partial charge is 0.455 e. The highest BCUT2D eigenvalue weighted by Crippen LogP contribution is 2.45. The second-order valence-electron chi connectivity index (χ2n) is 11.3. The van der Waals surface area contributed by atoms with Gasteiger partial charge in [0.2, 0.25) is 0 Å². The third-order valence-electron chi connectivity index (χ3n) is 8.74. The summed E-state index contributed by atoms with van der Waals surface area (Å²) >= 11 is 0. The minimum atomic E-state index is -0.398. The van der Waals surface area contributed by atoms with Gasteiger partial charge in [0.25, 0.3) is 0 Å². The number of furan rings is 1. The first-order valence-corrected chi connectivity index (χ1v) is 15.0. The standard InChI is InChI=1S/C44H28O/c1-3-13-29(14-4-1)31-17-11-18-32(27-31)42-36-19-7-9-21-38(36)43(39-22-10-8-20-37(39)42)33-25-26-35-40-24-12-23-34(30-15-5-2-6-16-30)44(40)45-41(35)28-33/h1-28H/i1D,3D,4D,13D,14D. The maximum atomic E-state index is 8.60. The van der Waals surface area contributed by atoms with Crippen molar-refractivity contribution in [1.29, 1.82) is 0 Å². The molecule has 0 aliphatic heterocycles. The third-order valence-corrected chi connectivity index (χ3v) is 8.74. The number of fused-ring (bicyclic) bond motifs is 5. The van der Waals surface area contributed by atoms with Gasteiger partial charge in [-0.05, 0) is 78.7 Å². The smallest absolute Gasteiger partial charge is 0.143 e. The van der Waals surface area contributed by atoms with Crippen LogP contribution in [0.15, 0.2) is 174 Å². The molecule has 0 N–H and O–H groups in total. The Morgan fingerprint density at radius 1 is 0.378 bits per heavy atom. The van der Waals surface area contributed by atoms with Gasteiger partial charge in [-0.2, -0.15) is 0 Å². The van der Waals surface area contributed by atoms with E-state index in [0.29, 0.717) is 5.56 Å². The first-order valence-electron chi connectivity index (χ1n) is 17.5. The van der Waals surface area contributed by atoms with E-state index in [1.54, 1.807) is 0 Å². The summed E-state index contributed by atoms with van der Waals surface area (Å²) in [5, 5.41) is 6.41. The van der Waals surface area contributed by atoms with Gasteiger partial charge in [0.05, 0.1) is 6.85 Å². The Hall–Kier alpha value is -5.92. The fourth-order valence-corrected chi connectivity index (χ4v) is 6.77. The first-order chi connectivity index (χ1) is 24.4. The van der Waals surface area contributed by atoms with E-state index in [1.807, 2.05) is 54.6 Å². The zero-order valence-electron chi connectivity index (χ0n) is 29.2. The molecule has 9 rings (SSSR count). The number of para-hydroxylation sites is 1. The van der Waals surface area contributed by atoms with Gasteiger partial charge in [-0.15, -0.1) is 0 Å². The predicted octanol–water partition coefficient (Wildman–Crippen LogP) is 12.6. The molecule has 1 aromatic heterocycles. The summed E-state index contributed by atoms with van der Waals surface area (Å²) in [4.78, 5) is 0. The molecule has 1 heteroatoms. The average Bonchev–Trinajstić information content (AvgIpc) is 3.54. The van der Waals surface area contributed by atoms with Crippen LogP contribution < -0.4 is 0 Å². The average molecular weight is 578 g/mol. The van der Waals surface area contributed by atoms with Gasteiger partial charge in [0.1, 0.15) is 11.2 Å². The molecule has 45 heavy (non-hydrogen) atoms. The molecular weight excluding hydrogens is 544 g/mol. The van der Waals surface area contributed by atoms with Crippen molar-refractivity contribution in [3.63, 3.8) is 0 Å². The Balaban J connectivity index is 1.28. The van der Waals surface area contributed by atoms with Gasteiger partial charge < -0.3 is 4.42 Å². The number of hydrogen-bond donors (Lipinski definition) is 0. The molecule has 210 valence electrons. The molecule has 0 bridgehead atoms. The number of benzene rings is 8. The SMILES string of the molecule is [2H]c1c([2H])c([2H])c(-c2cccc(-c3c4ccccc4c(-c4ccc5c(c4)oc4c(-c6ccccc6)cccc45)c4ccccc34)c2)c([2H])c1[2H]. The molecule has 0 saturated heterocycles.